The average molecular weight is 268 g/mol. The van der Waals surface area contributed by atoms with E-state index in [1.54, 1.807) is 10.8 Å². The molecule has 0 atom stereocenters. The molecule has 1 aromatic carbocycles. The van der Waals surface area contributed by atoms with Crippen LogP contribution in [0.5, 0.6) is 0 Å². The molecule has 1 N–H and O–H groups in total. The number of amides is 3. The van der Waals surface area contributed by atoms with Crippen molar-refractivity contribution in [1.82, 2.24) is 9.73 Å². The van der Waals surface area contributed by atoms with Gasteiger partial charge >= 0.3 is 6.03 Å². The summed E-state index contributed by atoms with van der Waals surface area (Å²) in [6.07, 6.45) is 0. The van der Waals surface area contributed by atoms with E-state index in [1.807, 2.05) is 0 Å². The number of hydrogen-bond donors (Lipinski definition) is 1. The number of imide groups is 1. The summed E-state index contributed by atoms with van der Waals surface area (Å²) < 4.78 is 25.3. The molecule has 9 heteroatoms. The maximum Gasteiger partial charge on any atom is 0.360 e. The molecule has 0 aromatic heterocycles. The molecule has 3 amide bonds. The topological polar surface area (TPSA) is 108 Å². The largest absolute Gasteiger partial charge is 0.360 e. The van der Waals surface area contributed by atoms with Crippen LogP contribution in [0.25, 0.3) is 0 Å². The lowest BCUT2D eigenvalue weighted by Crippen LogP contribution is -2.41. The standard InChI is InChI=1S/C9H8N4O4S/c14-8-6-10-12-13(8)9(15)11-18(16,17)7-4-2-1-3-5-7/h1-5H,6H2,(H,11,15). The van der Waals surface area contributed by atoms with Crippen molar-refractivity contribution in [3.05, 3.63) is 30.3 Å². The Morgan fingerprint density at radius 2 is 1.94 bits per heavy atom. The summed E-state index contributed by atoms with van der Waals surface area (Å²) in [6, 6.07) is 6.16. The van der Waals surface area contributed by atoms with Crippen molar-refractivity contribution in [3.63, 3.8) is 0 Å². The van der Waals surface area contributed by atoms with Crippen LogP contribution in [0.3, 0.4) is 0 Å². The minimum absolute atomic E-state index is 0.0815. The van der Waals surface area contributed by atoms with Crippen LogP contribution in [0.2, 0.25) is 0 Å². The molecule has 94 valence electrons. The first-order chi connectivity index (χ1) is 8.50. The third-order valence-corrected chi connectivity index (χ3v) is 3.40. The Morgan fingerprint density at radius 3 is 2.50 bits per heavy atom. The van der Waals surface area contributed by atoms with Crippen molar-refractivity contribution >= 4 is 22.0 Å². The average Bonchev–Trinajstić information content (AvgIpc) is 2.76. The Bertz CT molecular complexity index is 611. The highest BCUT2D eigenvalue weighted by Crippen LogP contribution is 2.09. The molecule has 0 fully saturated rings. The summed E-state index contributed by atoms with van der Waals surface area (Å²) >= 11 is 0. The van der Waals surface area contributed by atoms with Gasteiger partial charge in [0.25, 0.3) is 15.9 Å². The van der Waals surface area contributed by atoms with E-state index in [0.29, 0.717) is 5.01 Å². The van der Waals surface area contributed by atoms with Gasteiger partial charge in [-0.25, -0.2) is 17.9 Å². The smallest absolute Gasteiger partial charge is 0.270 e. The van der Waals surface area contributed by atoms with Crippen LogP contribution in [-0.2, 0) is 14.8 Å². The Labute approximate surface area is 102 Å². The van der Waals surface area contributed by atoms with Gasteiger partial charge in [0, 0.05) is 0 Å². The van der Waals surface area contributed by atoms with E-state index in [9.17, 15) is 18.0 Å². The fourth-order valence-electron chi connectivity index (χ4n) is 1.24. The normalized spacial score (nSPS) is 14.9. The van der Waals surface area contributed by atoms with Crippen molar-refractivity contribution < 1.29 is 18.0 Å². The van der Waals surface area contributed by atoms with Crippen LogP contribution in [-0.4, -0.2) is 31.9 Å². The zero-order valence-electron chi connectivity index (χ0n) is 8.98. The number of urea groups is 1. The van der Waals surface area contributed by atoms with Gasteiger partial charge in [-0.2, -0.15) is 5.11 Å². The number of hydrogen-bond acceptors (Lipinski definition) is 6. The third kappa shape index (κ3) is 2.35. The van der Waals surface area contributed by atoms with E-state index < -0.39 is 22.0 Å². The van der Waals surface area contributed by atoms with Crippen molar-refractivity contribution in [1.29, 1.82) is 0 Å². The summed E-state index contributed by atoms with van der Waals surface area (Å²) in [6.45, 7) is -0.265. The maximum absolute atomic E-state index is 11.8. The second-order valence-electron chi connectivity index (χ2n) is 3.32. The van der Waals surface area contributed by atoms with Gasteiger partial charge in [0.2, 0.25) is 0 Å². The van der Waals surface area contributed by atoms with Gasteiger partial charge in [0.05, 0.1) is 4.90 Å². The molecule has 1 heterocycles. The molecule has 1 aliphatic rings. The fourth-order valence-corrected chi connectivity index (χ4v) is 2.19. The van der Waals surface area contributed by atoms with Gasteiger partial charge < -0.3 is 0 Å². The SMILES string of the molecule is O=C1CN=NN1C(=O)NS(=O)(=O)c1ccccc1. The number of sulfonamides is 1. The molecule has 0 saturated heterocycles. The van der Waals surface area contributed by atoms with Gasteiger partial charge in [0.1, 0.15) is 6.54 Å². The van der Waals surface area contributed by atoms with Gasteiger partial charge in [0.15, 0.2) is 0 Å². The molecule has 0 radical (unpaired) electrons. The van der Waals surface area contributed by atoms with E-state index in [4.69, 9.17) is 0 Å². The Morgan fingerprint density at radius 1 is 1.28 bits per heavy atom. The molecular formula is C9H8N4O4S. The quantitative estimate of drug-likeness (QED) is 0.831. The van der Waals surface area contributed by atoms with E-state index >= 15 is 0 Å². The fraction of sp³-hybridized carbons (Fsp3) is 0.111. The molecular weight excluding hydrogens is 260 g/mol. The molecule has 8 nitrogen and oxygen atoms in total. The lowest BCUT2D eigenvalue weighted by molar-refractivity contribution is -0.124. The minimum Gasteiger partial charge on any atom is -0.270 e. The minimum atomic E-state index is -4.02. The molecule has 18 heavy (non-hydrogen) atoms. The van der Waals surface area contributed by atoms with E-state index in [2.05, 4.69) is 10.3 Å². The predicted molar refractivity (Wildman–Crippen MR) is 58.7 cm³/mol. The van der Waals surface area contributed by atoms with Crippen LogP contribution in [0.15, 0.2) is 45.6 Å². The number of carbonyl (C=O) groups is 2. The first-order valence-corrected chi connectivity index (χ1v) is 6.31. The first kappa shape index (κ1) is 12.2. The summed E-state index contributed by atoms with van der Waals surface area (Å²) in [7, 11) is -4.02. The number of benzene rings is 1. The summed E-state index contributed by atoms with van der Waals surface area (Å²) in [5.41, 5.74) is 0. The molecule has 0 saturated carbocycles. The second-order valence-corrected chi connectivity index (χ2v) is 5.00. The van der Waals surface area contributed by atoms with Crippen molar-refractivity contribution in [3.8, 4) is 0 Å². The lowest BCUT2D eigenvalue weighted by atomic mass is 10.4. The molecule has 1 aromatic rings. The number of nitrogens with zero attached hydrogens (tertiary/aromatic N) is 3. The highest BCUT2D eigenvalue weighted by atomic mass is 32.2. The number of nitrogens with one attached hydrogen (secondary N) is 1. The third-order valence-electron chi connectivity index (χ3n) is 2.06. The summed E-state index contributed by atoms with van der Waals surface area (Å²) in [5.74, 6) is -0.684. The van der Waals surface area contributed by atoms with E-state index in [0.717, 1.165) is 0 Å². The number of carbonyl (C=O) groups excluding carboxylic acids is 2. The van der Waals surface area contributed by atoms with Crippen LogP contribution in [0.1, 0.15) is 0 Å². The van der Waals surface area contributed by atoms with Gasteiger partial charge in [-0.15, -0.1) is 5.01 Å². The molecule has 0 unspecified atom stereocenters. The summed E-state index contributed by atoms with van der Waals surface area (Å²) in [4.78, 5) is 22.5. The van der Waals surface area contributed by atoms with Gasteiger partial charge in [-0.3, -0.25) is 4.79 Å². The Kier molecular flexibility index (Phi) is 3.06. The number of rotatable bonds is 2. The predicted octanol–water partition coefficient (Wildman–Crippen LogP) is 0.294. The van der Waals surface area contributed by atoms with Crippen LogP contribution in [0, 0.1) is 0 Å². The molecule has 2 rings (SSSR count). The van der Waals surface area contributed by atoms with Crippen molar-refractivity contribution in [2.75, 3.05) is 6.54 Å². The highest BCUT2D eigenvalue weighted by molar-refractivity contribution is 7.90. The van der Waals surface area contributed by atoms with E-state index in [1.165, 1.54) is 24.3 Å². The molecule has 0 aliphatic carbocycles. The molecule has 0 spiro atoms. The molecule has 1 aliphatic heterocycles. The van der Waals surface area contributed by atoms with Gasteiger partial charge in [-0.05, 0) is 12.1 Å². The lowest BCUT2D eigenvalue weighted by Gasteiger charge is -2.10. The van der Waals surface area contributed by atoms with Crippen molar-refractivity contribution in [2.24, 2.45) is 10.3 Å². The highest BCUT2D eigenvalue weighted by Gasteiger charge is 2.29. The van der Waals surface area contributed by atoms with Crippen LogP contribution in [0.4, 0.5) is 4.79 Å². The van der Waals surface area contributed by atoms with Gasteiger partial charge in [-0.1, -0.05) is 23.4 Å². The Hall–Kier alpha value is -2.29. The summed E-state index contributed by atoms with van der Waals surface area (Å²) in [5, 5.41) is 6.92. The monoisotopic (exact) mass is 268 g/mol. The van der Waals surface area contributed by atoms with Crippen molar-refractivity contribution in [2.45, 2.75) is 4.90 Å². The Balaban J connectivity index is 2.17. The second kappa shape index (κ2) is 4.53. The zero-order chi connectivity index (χ0) is 13.2. The van der Waals surface area contributed by atoms with Crippen LogP contribution < -0.4 is 4.72 Å². The first-order valence-electron chi connectivity index (χ1n) is 4.83. The maximum atomic E-state index is 11.8. The van der Waals surface area contributed by atoms with E-state index in [-0.39, 0.29) is 11.4 Å². The molecule has 0 bridgehead atoms. The zero-order valence-corrected chi connectivity index (χ0v) is 9.79. The van der Waals surface area contributed by atoms with Crippen LogP contribution >= 0.6 is 0 Å².